The minimum atomic E-state index is 0.0284. The van der Waals surface area contributed by atoms with Crippen LogP contribution in [0.1, 0.15) is 58.4 Å². The van der Waals surface area contributed by atoms with E-state index in [-0.39, 0.29) is 16.9 Å². The standard InChI is InChI=1S/C32H36N2O/c1-22(2)26-16-17-31(3)18-19-32-27(29(26)31)15-14-24(30(35)33-25-12-8-5-9-13-25)20-28(32)34(32)21-23-10-6-4-7-11-23/h4-15,22,28H,16-21H2,1-3H3,(H,33,35)/t28-,31+,32-,34?/m0/s1. The first-order valence-electron chi connectivity index (χ1n) is 13.2. The average Bonchev–Trinajstić information content (AvgIpc) is 3.34. The van der Waals surface area contributed by atoms with Gasteiger partial charge in [-0.15, -0.1) is 0 Å². The molecule has 2 aromatic rings. The van der Waals surface area contributed by atoms with Gasteiger partial charge in [0.1, 0.15) is 0 Å². The monoisotopic (exact) mass is 464 g/mol. The highest BCUT2D eigenvalue weighted by molar-refractivity contribution is 6.04. The van der Waals surface area contributed by atoms with E-state index in [1.165, 1.54) is 36.8 Å². The zero-order valence-corrected chi connectivity index (χ0v) is 21.2. The Morgan fingerprint density at radius 1 is 1.00 bits per heavy atom. The molecule has 2 fully saturated rings. The van der Waals surface area contributed by atoms with Crippen LogP contribution in [0.2, 0.25) is 0 Å². The number of hydrogen-bond acceptors (Lipinski definition) is 2. The summed E-state index contributed by atoms with van der Waals surface area (Å²) < 4.78 is 0. The van der Waals surface area contributed by atoms with E-state index in [9.17, 15) is 4.79 Å². The highest BCUT2D eigenvalue weighted by atomic mass is 16.1. The Kier molecular flexibility index (Phi) is 5.37. The third-order valence-electron chi connectivity index (χ3n) is 9.12. The molecule has 4 atom stereocenters. The summed E-state index contributed by atoms with van der Waals surface area (Å²) in [6.07, 6.45) is 10.2. The zero-order chi connectivity index (χ0) is 24.2. The van der Waals surface area contributed by atoms with Gasteiger partial charge in [-0.2, -0.15) is 0 Å². The first-order chi connectivity index (χ1) is 16.9. The number of carbonyl (C=O) groups excluding carboxylic acids is 1. The molecule has 1 unspecified atom stereocenters. The SMILES string of the molecule is CC(C)C1=C2C3=CC=C(C(=O)Nc4ccccc4)C[C@@H]4N(Cc5ccccc5)[C@@]34CC[C@@]2(C)CC1. The maximum atomic E-state index is 13.4. The maximum absolute atomic E-state index is 13.4. The number of allylic oxidation sites excluding steroid dienone is 3. The van der Waals surface area contributed by atoms with E-state index in [0.29, 0.717) is 12.0 Å². The molecule has 3 aliphatic carbocycles. The molecule has 1 spiro atoms. The van der Waals surface area contributed by atoms with Crippen LogP contribution < -0.4 is 5.32 Å². The lowest BCUT2D eigenvalue weighted by atomic mass is 9.64. The van der Waals surface area contributed by atoms with Gasteiger partial charge in [0.05, 0.1) is 5.54 Å². The van der Waals surface area contributed by atoms with Crippen molar-refractivity contribution in [2.45, 2.75) is 71.0 Å². The van der Waals surface area contributed by atoms with E-state index in [1.54, 1.807) is 11.1 Å². The molecule has 3 nitrogen and oxygen atoms in total. The Morgan fingerprint density at radius 2 is 1.71 bits per heavy atom. The van der Waals surface area contributed by atoms with Crippen LogP contribution >= 0.6 is 0 Å². The molecular formula is C32H36N2O. The lowest BCUT2D eigenvalue weighted by molar-refractivity contribution is -0.113. The van der Waals surface area contributed by atoms with Gasteiger partial charge in [0.2, 0.25) is 0 Å². The molecule has 1 heterocycles. The molecule has 180 valence electrons. The summed E-state index contributed by atoms with van der Waals surface area (Å²) in [5.41, 5.74) is 8.21. The first kappa shape index (κ1) is 22.5. The van der Waals surface area contributed by atoms with E-state index >= 15 is 0 Å². The number of rotatable bonds is 5. The van der Waals surface area contributed by atoms with Crippen molar-refractivity contribution < 1.29 is 4.79 Å². The van der Waals surface area contributed by atoms with E-state index < -0.39 is 0 Å². The van der Waals surface area contributed by atoms with Crippen LogP contribution in [0.25, 0.3) is 0 Å². The number of anilines is 1. The lowest BCUT2D eigenvalue weighted by Gasteiger charge is -2.41. The zero-order valence-electron chi connectivity index (χ0n) is 21.2. The molecule has 35 heavy (non-hydrogen) atoms. The van der Waals surface area contributed by atoms with Crippen molar-refractivity contribution in [3.63, 3.8) is 0 Å². The summed E-state index contributed by atoms with van der Waals surface area (Å²) in [6, 6.07) is 21.0. The number of carbonyl (C=O) groups is 1. The summed E-state index contributed by atoms with van der Waals surface area (Å²) in [7, 11) is 0. The van der Waals surface area contributed by atoms with Gasteiger partial charge in [0.25, 0.3) is 5.91 Å². The van der Waals surface area contributed by atoms with Gasteiger partial charge in [-0.1, -0.05) is 87.0 Å². The molecule has 2 aromatic carbocycles. The fourth-order valence-corrected chi connectivity index (χ4v) is 7.19. The van der Waals surface area contributed by atoms with Gasteiger partial charge in [-0.05, 0) is 72.3 Å². The molecule has 1 N–H and O–H groups in total. The van der Waals surface area contributed by atoms with Gasteiger partial charge in [0, 0.05) is 23.8 Å². The Labute approximate surface area is 209 Å². The maximum Gasteiger partial charge on any atom is 0.251 e. The molecule has 4 aliphatic rings. The summed E-state index contributed by atoms with van der Waals surface area (Å²) in [5, 5.41) is 3.14. The molecule has 6 rings (SSSR count). The number of benzene rings is 2. The summed E-state index contributed by atoms with van der Waals surface area (Å²) in [4.78, 5) is 16.1. The smallest absolute Gasteiger partial charge is 0.251 e. The van der Waals surface area contributed by atoms with Crippen molar-refractivity contribution in [1.82, 2.24) is 4.90 Å². The first-order valence-corrected chi connectivity index (χ1v) is 13.2. The van der Waals surface area contributed by atoms with Crippen LogP contribution in [0, 0.1) is 11.3 Å². The van der Waals surface area contributed by atoms with Crippen LogP contribution in [-0.2, 0) is 11.3 Å². The van der Waals surface area contributed by atoms with Gasteiger partial charge < -0.3 is 5.32 Å². The normalized spacial score (nSPS) is 31.1. The summed E-state index contributed by atoms with van der Waals surface area (Å²) >= 11 is 0. The third-order valence-corrected chi connectivity index (χ3v) is 9.12. The summed E-state index contributed by atoms with van der Waals surface area (Å²) in [6.45, 7) is 8.14. The average molecular weight is 465 g/mol. The predicted molar refractivity (Wildman–Crippen MR) is 143 cm³/mol. The van der Waals surface area contributed by atoms with Crippen LogP contribution in [0.4, 0.5) is 5.69 Å². The van der Waals surface area contributed by atoms with Crippen LogP contribution in [0.15, 0.2) is 95.1 Å². The number of hydrogen-bond donors (Lipinski definition) is 1. The molecule has 1 saturated heterocycles. The van der Waals surface area contributed by atoms with E-state index in [0.717, 1.165) is 24.2 Å². The molecular weight excluding hydrogens is 428 g/mol. The largest absolute Gasteiger partial charge is 0.322 e. The predicted octanol–water partition coefficient (Wildman–Crippen LogP) is 7.05. The molecule has 0 bridgehead atoms. The molecule has 1 saturated carbocycles. The highest BCUT2D eigenvalue weighted by Crippen LogP contribution is 2.66. The third kappa shape index (κ3) is 3.63. The number of para-hydroxylation sites is 1. The second-order valence-electron chi connectivity index (χ2n) is 11.5. The van der Waals surface area contributed by atoms with Gasteiger partial charge in [-0.25, -0.2) is 0 Å². The van der Waals surface area contributed by atoms with Gasteiger partial charge >= 0.3 is 0 Å². The van der Waals surface area contributed by atoms with Gasteiger partial charge in [-0.3, -0.25) is 9.69 Å². The van der Waals surface area contributed by atoms with Crippen molar-refractivity contribution in [2.24, 2.45) is 11.3 Å². The Hall–Kier alpha value is -2.91. The number of nitrogens with zero attached hydrogens (tertiary/aromatic N) is 1. The van der Waals surface area contributed by atoms with Crippen molar-refractivity contribution >= 4 is 11.6 Å². The fourth-order valence-electron chi connectivity index (χ4n) is 7.19. The van der Waals surface area contributed by atoms with E-state index in [4.69, 9.17) is 0 Å². The van der Waals surface area contributed by atoms with Crippen LogP contribution in [0.3, 0.4) is 0 Å². The van der Waals surface area contributed by atoms with E-state index in [1.807, 2.05) is 30.3 Å². The van der Waals surface area contributed by atoms with Crippen molar-refractivity contribution in [3.05, 3.63) is 101 Å². The second kappa shape index (κ2) is 8.34. The molecule has 1 amide bonds. The minimum Gasteiger partial charge on any atom is -0.322 e. The van der Waals surface area contributed by atoms with Gasteiger partial charge in [0.15, 0.2) is 0 Å². The molecule has 3 heteroatoms. The van der Waals surface area contributed by atoms with E-state index in [2.05, 4.69) is 73.5 Å². The van der Waals surface area contributed by atoms with Crippen molar-refractivity contribution in [2.75, 3.05) is 5.32 Å². The highest BCUT2D eigenvalue weighted by Gasteiger charge is 2.68. The summed E-state index contributed by atoms with van der Waals surface area (Å²) in [5.74, 6) is 0.594. The molecule has 0 radical (unpaired) electrons. The van der Waals surface area contributed by atoms with Crippen molar-refractivity contribution in [3.8, 4) is 0 Å². The number of fused-ring (bicyclic) bond motifs is 2. The number of amides is 1. The fraction of sp³-hybridized carbons (Fsp3) is 0.406. The second-order valence-corrected chi connectivity index (χ2v) is 11.5. The minimum absolute atomic E-state index is 0.0284. The Bertz CT molecular complexity index is 1240. The number of nitrogens with one attached hydrogen (secondary N) is 1. The van der Waals surface area contributed by atoms with Crippen LogP contribution in [0.5, 0.6) is 0 Å². The molecule has 1 aliphatic heterocycles. The Morgan fingerprint density at radius 3 is 2.43 bits per heavy atom. The molecule has 0 aromatic heterocycles. The Balaban J connectivity index is 1.40. The van der Waals surface area contributed by atoms with Crippen molar-refractivity contribution in [1.29, 1.82) is 0 Å². The quantitative estimate of drug-likeness (QED) is 0.481. The van der Waals surface area contributed by atoms with Crippen LogP contribution in [-0.4, -0.2) is 22.4 Å². The topological polar surface area (TPSA) is 32.1 Å². The lowest BCUT2D eigenvalue weighted by Crippen LogP contribution is -2.36.